The maximum Gasteiger partial charge on any atom is 0.246 e. The van der Waals surface area contributed by atoms with Gasteiger partial charge in [-0.25, -0.2) is 12.8 Å². The van der Waals surface area contributed by atoms with E-state index >= 15 is 0 Å². The first-order chi connectivity index (χ1) is 9.75. The van der Waals surface area contributed by atoms with Crippen LogP contribution >= 0.6 is 27.5 Å². The van der Waals surface area contributed by atoms with Gasteiger partial charge >= 0.3 is 0 Å². The van der Waals surface area contributed by atoms with Crippen molar-refractivity contribution in [2.75, 3.05) is 12.8 Å². The van der Waals surface area contributed by atoms with E-state index in [9.17, 15) is 12.8 Å². The predicted molar refractivity (Wildman–Crippen MR) is 80.9 cm³/mol. The van der Waals surface area contributed by atoms with Gasteiger partial charge in [-0.3, -0.25) is 0 Å². The molecule has 5 nitrogen and oxygen atoms in total. The minimum Gasteiger partial charge on any atom is -0.468 e. The van der Waals surface area contributed by atoms with Crippen molar-refractivity contribution in [1.29, 1.82) is 0 Å². The Labute approximate surface area is 134 Å². The Kier molecular flexibility index (Phi) is 4.62. The Hall–Kier alpha value is -1.09. The van der Waals surface area contributed by atoms with Crippen LogP contribution in [-0.4, -0.2) is 19.8 Å². The third-order valence-corrected chi connectivity index (χ3v) is 5.99. The van der Waals surface area contributed by atoms with Crippen LogP contribution in [0.2, 0.25) is 5.02 Å². The Bertz CT molecular complexity index is 765. The average Bonchev–Trinajstić information content (AvgIpc) is 2.93. The highest BCUT2D eigenvalue weighted by molar-refractivity contribution is 9.10. The van der Waals surface area contributed by atoms with Gasteiger partial charge in [0.05, 0.1) is 28.0 Å². The third-order valence-electron chi connectivity index (χ3n) is 2.80. The molecule has 0 radical (unpaired) electrons. The number of rotatable bonds is 4. The van der Waals surface area contributed by atoms with Gasteiger partial charge in [-0.1, -0.05) is 11.6 Å². The summed E-state index contributed by atoms with van der Waals surface area (Å²) in [4.78, 5) is -0.581. The number of nitrogens with two attached hydrogens (primary N) is 1. The number of sulfonamides is 1. The standard InChI is InChI=1S/C12H11BrClFN2O3S/c1-17(6-7-3-2-4-20-7)21(18,19)9-5-8(14)10(13)12(16)11(9)15/h2-5H,6,16H2,1H3. The first-order valence-corrected chi connectivity index (χ1v) is 8.28. The molecule has 9 heteroatoms. The highest BCUT2D eigenvalue weighted by Crippen LogP contribution is 2.35. The smallest absolute Gasteiger partial charge is 0.246 e. The van der Waals surface area contributed by atoms with Crippen LogP contribution < -0.4 is 5.73 Å². The molecular weight excluding hydrogens is 387 g/mol. The minimum atomic E-state index is -4.09. The molecule has 1 heterocycles. The van der Waals surface area contributed by atoms with Gasteiger partial charge in [-0.15, -0.1) is 0 Å². The molecule has 0 saturated carbocycles. The molecule has 0 amide bonds. The summed E-state index contributed by atoms with van der Waals surface area (Å²) in [5.41, 5.74) is 5.15. The van der Waals surface area contributed by atoms with Crippen molar-refractivity contribution < 1.29 is 17.2 Å². The molecule has 0 aliphatic carbocycles. The van der Waals surface area contributed by atoms with Crippen LogP contribution in [0.25, 0.3) is 0 Å². The fourth-order valence-electron chi connectivity index (χ4n) is 1.66. The summed E-state index contributed by atoms with van der Waals surface area (Å²) in [5, 5.41) is 0.0128. The van der Waals surface area contributed by atoms with E-state index in [1.807, 2.05) is 0 Å². The van der Waals surface area contributed by atoms with Crippen molar-refractivity contribution >= 4 is 43.2 Å². The molecule has 1 aromatic heterocycles. The van der Waals surface area contributed by atoms with E-state index in [4.69, 9.17) is 21.8 Å². The van der Waals surface area contributed by atoms with Crippen LogP contribution in [0, 0.1) is 5.82 Å². The van der Waals surface area contributed by atoms with Crippen molar-refractivity contribution in [3.05, 3.63) is 45.5 Å². The van der Waals surface area contributed by atoms with E-state index in [0.29, 0.717) is 5.76 Å². The van der Waals surface area contributed by atoms with E-state index < -0.39 is 20.7 Å². The summed E-state index contributed by atoms with van der Waals surface area (Å²) < 4.78 is 45.1. The lowest BCUT2D eigenvalue weighted by atomic mass is 10.3. The van der Waals surface area contributed by atoms with Gasteiger partial charge in [0.25, 0.3) is 0 Å². The Morgan fingerprint density at radius 2 is 2.19 bits per heavy atom. The summed E-state index contributed by atoms with van der Waals surface area (Å²) in [6.45, 7) is -0.0393. The lowest BCUT2D eigenvalue weighted by Crippen LogP contribution is -2.27. The molecule has 0 aliphatic rings. The molecule has 2 N–H and O–H groups in total. The summed E-state index contributed by atoms with van der Waals surface area (Å²) in [7, 11) is -2.79. The lowest BCUT2D eigenvalue weighted by molar-refractivity contribution is 0.404. The van der Waals surface area contributed by atoms with Crippen LogP contribution in [0.4, 0.5) is 10.1 Å². The van der Waals surface area contributed by atoms with E-state index in [1.165, 1.54) is 13.3 Å². The van der Waals surface area contributed by atoms with Crippen LogP contribution in [-0.2, 0) is 16.6 Å². The van der Waals surface area contributed by atoms with Crippen molar-refractivity contribution in [1.82, 2.24) is 4.31 Å². The Balaban J connectivity index is 2.44. The molecule has 0 unspecified atom stereocenters. The maximum absolute atomic E-state index is 14.1. The molecule has 0 fully saturated rings. The van der Waals surface area contributed by atoms with Crippen LogP contribution in [0.1, 0.15) is 5.76 Å². The summed E-state index contributed by atoms with van der Waals surface area (Å²) in [6, 6.07) is 4.27. The summed E-state index contributed by atoms with van der Waals surface area (Å²) in [5.74, 6) is -0.616. The van der Waals surface area contributed by atoms with Crippen molar-refractivity contribution in [2.45, 2.75) is 11.4 Å². The molecule has 0 bridgehead atoms. The Morgan fingerprint density at radius 3 is 2.76 bits per heavy atom. The van der Waals surface area contributed by atoms with Gasteiger partial charge in [0.1, 0.15) is 10.7 Å². The second-order valence-corrected chi connectivity index (χ2v) is 7.45. The quantitative estimate of drug-likeness (QED) is 0.635. The van der Waals surface area contributed by atoms with Crippen molar-refractivity contribution in [3.63, 3.8) is 0 Å². The first kappa shape index (κ1) is 16.3. The zero-order valence-electron chi connectivity index (χ0n) is 10.8. The molecule has 1 aromatic carbocycles. The number of benzene rings is 1. The largest absolute Gasteiger partial charge is 0.468 e. The van der Waals surface area contributed by atoms with Crippen LogP contribution in [0.3, 0.4) is 0 Å². The topological polar surface area (TPSA) is 76.5 Å². The zero-order chi connectivity index (χ0) is 15.8. The van der Waals surface area contributed by atoms with Gasteiger partial charge in [0.15, 0.2) is 5.82 Å². The molecule has 114 valence electrons. The number of halogens is 3. The molecule has 0 atom stereocenters. The maximum atomic E-state index is 14.1. The number of nitrogens with zero attached hydrogens (tertiary/aromatic N) is 1. The van der Waals surface area contributed by atoms with Crippen LogP contribution in [0.15, 0.2) is 38.2 Å². The number of hydrogen-bond donors (Lipinski definition) is 1. The SMILES string of the molecule is CN(Cc1ccco1)S(=O)(=O)c1cc(Cl)c(Br)c(N)c1F. The lowest BCUT2D eigenvalue weighted by Gasteiger charge is -2.17. The fraction of sp³-hybridized carbons (Fsp3) is 0.167. The summed E-state index contributed by atoms with van der Waals surface area (Å²) >= 11 is 8.85. The predicted octanol–water partition coefficient (Wildman–Crippen LogP) is 3.24. The van der Waals surface area contributed by atoms with Gasteiger partial charge in [-0.2, -0.15) is 4.31 Å². The number of hydrogen-bond acceptors (Lipinski definition) is 4. The average molecular weight is 398 g/mol. The van der Waals surface area contributed by atoms with Gasteiger partial charge in [0.2, 0.25) is 10.0 Å². The second kappa shape index (κ2) is 5.96. The van der Waals surface area contributed by atoms with Gasteiger partial charge in [0, 0.05) is 7.05 Å². The van der Waals surface area contributed by atoms with E-state index in [0.717, 1.165) is 10.4 Å². The molecule has 0 aliphatic heterocycles. The van der Waals surface area contributed by atoms with Crippen LogP contribution in [0.5, 0.6) is 0 Å². The highest BCUT2D eigenvalue weighted by Gasteiger charge is 2.28. The van der Waals surface area contributed by atoms with Gasteiger partial charge < -0.3 is 10.2 Å². The van der Waals surface area contributed by atoms with E-state index in [2.05, 4.69) is 15.9 Å². The van der Waals surface area contributed by atoms with E-state index in [-0.39, 0.29) is 21.7 Å². The second-order valence-electron chi connectivity index (χ2n) is 4.24. The number of nitrogen functional groups attached to an aromatic ring is 1. The third kappa shape index (κ3) is 3.08. The molecule has 2 aromatic rings. The monoisotopic (exact) mass is 396 g/mol. The summed E-state index contributed by atoms with van der Waals surface area (Å²) in [6.07, 6.45) is 1.42. The van der Waals surface area contributed by atoms with Gasteiger partial charge in [-0.05, 0) is 34.1 Å². The number of anilines is 1. The van der Waals surface area contributed by atoms with Crippen molar-refractivity contribution in [2.24, 2.45) is 0 Å². The fourth-order valence-corrected chi connectivity index (χ4v) is 3.46. The first-order valence-electron chi connectivity index (χ1n) is 5.67. The molecular formula is C12H11BrClFN2O3S. The van der Waals surface area contributed by atoms with E-state index in [1.54, 1.807) is 12.1 Å². The minimum absolute atomic E-state index is 0.0128. The normalized spacial score (nSPS) is 12.0. The zero-order valence-corrected chi connectivity index (χ0v) is 14.0. The molecule has 0 saturated heterocycles. The number of furan rings is 1. The molecule has 2 rings (SSSR count). The Morgan fingerprint density at radius 1 is 1.52 bits per heavy atom. The van der Waals surface area contributed by atoms with Crippen molar-refractivity contribution in [3.8, 4) is 0 Å². The molecule has 21 heavy (non-hydrogen) atoms. The molecule has 0 spiro atoms. The highest BCUT2D eigenvalue weighted by atomic mass is 79.9.